The number of nitrogens with one attached hydrogen (secondary N) is 1. The average molecular weight is 510 g/mol. The molecule has 0 fully saturated rings. The number of para-hydroxylation sites is 1. The van der Waals surface area contributed by atoms with E-state index in [0.29, 0.717) is 17.9 Å². The molecule has 4 aromatic rings. The molecule has 0 radical (unpaired) electrons. The maximum absolute atomic E-state index is 13.5. The number of anilines is 1. The average Bonchev–Trinajstić information content (AvgIpc) is 3.51. The molecule has 186 valence electrons. The maximum atomic E-state index is 13.5. The van der Waals surface area contributed by atoms with Crippen molar-refractivity contribution in [3.05, 3.63) is 99.7 Å². The fraction of sp³-hybridized carbons (Fsp3) is 0.233. The molecule has 0 unspecified atom stereocenters. The summed E-state index contributed by atoms with van der Waals surface area (Å²) in [7, 11) is 0. The lowest BCUT2D eigenvalue weighted by molar-refractivity contribution is -0.116. The molecule has 7 heteroatoms. The molecule has 2 aliphatic rings. The van der Waals surface area contributed by atoms with E-state index in [1.165, 1.54) is 11.3 Å². The van der Waals surface area contributed by atoms with Crippen LogP contribution in [-0.4, -0.2) is 28.1 Å². The number of fused-ring (bicyclic) bond motifs is 1. The summed E-state index contributed by atoms with van der Waals surface area (Å²) in [5, 5.41) is 9.47. The Morgan fingerprint density at radius 3 is 2.57 bits per heavy atom. The molecule has 0 saturated heterocycles. The van der Waals surface area contributed by atoms with Crippen molar-refractivity contribution in [3.63, 3.8) is 0 Å². The predicted molar refractivity (Wildman–Crippen MR) is 145 cm³/mol. The fourth-order valence-electron chi connectivity index (χ4n) is 5.41. The second kappa shape index (κ2) is 9.48. The first-order chi connectivity index (χ1) is 18.1. The molecule has 1 aliphatic heterocycles. The predicted octanol–water partition coefficient (Wildman–Crippen LogP) is 6.65. The highest BCUT2D eigenvalue weighted by molar-refractivity contribution is 7.18. The lowest BCUT2D eigenvalue weighted by Crippen LogP contribution is -2.26. The SMILES string of the molecule is CCOC(=O)c1sc2c(c1C)[C@@H](c1cn(-c3ccccc3)nc1-c1ccccc1)C1=C(CCCC1=O)N2. The summed E-state index contributed by atoms with van der Waals surface area (Å²) < 4.78 is 7.26. The number of carbonyl (C=O) groups is 2. The van der Waals surface area contributed by atoms with E-state index in [0.717, 1.165) is 62.7 Å². The molecule has 0 bridgehead atoms. The van der Waals surface area contributed by atoms with Gasteiger partial charge in [0.2, 0.25) is 0 Å². The van der Waals surface area contributed by atoms with Gasteiger partial charge in [-0.05, 0) is 44.4 Å². The third-order valence-corrected chi connectivity index (χ3v) is 8.28. The smallest absolute Gasteiger partial charge is 0.348 e. The minimum atomic E-state index is -0.328. The van der Waals surface area contributed by atoms with E-state index in [2.05, 4.69) is 5.32 Å². The van der Waals surface area contributed by atoms with Gasteiger partial charge in [-0.15, -0.1) is 11.3 Å². The van der Waals surface area contributed by atoms with Crippen LogP contribution in [0.2, 0.25) is 0 Å². The number of thiophene rings is 1. The van der Waals surface area contributed by atoms with Gasteiger partial charge in [-0.1, -0.05) is 48.5 Å². The quantitative estimate of drug-likeness (QED) is 0.305. The number of hydrogen-bond acceptors (Lipinski definition) is 6. The van der Waals surface area contributed by atoms with Crippen LogP contribution >= 0.6 is 11.3 Å². The molecular weight excluding hydrogens is 482 g/mol. The lowest BCUT2D eigenvalue weighted by Gasteiger charge is -2.32. The van der Waals surface area contributed by atoms with Gasteiger partial charge in [0.05, 0.1) is 23.0 Å². The number of Topliss-reactive ketones (excluding diaryl/α,β-unsaturated/α-hetero) is 1. The van der Waals surface area contributed by atoms with Gasteiger partial charge in [0.25, 0.3) is 0 Å². The van der Waals surface area contributed by atoms with E-state index in [1.807, 2.05) is 85.4 Å². The standard InChI is InChI=1S/C30H27N3O3S/c1-3-36-30(35)28-18(2)24-25(26-22(31-29(24)37-28)15-10-16-23(26)34)21-17-33(20-13-8-5-9-14-20)32-27(21)19-11-6-4-7-12-19/h4-9,11-14,17,25,31H,3,10,15-16H2,1-2H3/t25-/m1/s1. The van der Waals surface area contributed by atoms with E-state index < -0.39 is 0 Å². The zero-order chi connectivity index (χ0) is 25.5. The van der Waals surface area contributed by atoms with E-state index in [1.54, 1.807) is 0 Å². The van der Waals surface area contributed by atoms with Crippen LogP contribution in [0.15, 0.2) is 78.1 Å². The van der Waals surface area contributed by atoms with Crippen LogP contribution in [0.25, 0.3) is 16.9 Å². The van der Waals surface area contributed by atoms with Crippen LogP contribution in [0.4, 0.5) is 5.00 Å². The molecule has 0 amide bonds. The Morgan fingerprint density at radius 1 is 1.11 bits per heavy atom. The minimum Gasteiger partial charge on any atom is -0.462 e. The Morgan fingerprint density at radius 2 is 1.84 bits per heavy atom. The number of carbonyl (C=O) groups excluding carboxylic acids is 2. The molecule has 1 aliphatic carbocycles. The molecule has 37 heavy (non-hydrogen) atoms. The molecule has 6 nitrogen and oxygen atoms in total. The van der Waals surface area contributed by atoms with E-state index >= 15 is 0 Å². The van der Waals surface area contributed by atoms with Crippen molar-refractivity contribution in [1.82, 2.24) is 9.78 Å². The zero-order valence-corrected chi connectivity index (χ0v) is 21.6. The van der Waals surface area contributed by atoms with Crippen LogP contribution < -0.4 is 5.32 Å². The van der Waals surface area contributed by atoms with Gasteiger partial charge in [-0.3, -0.25) is 4.79 Å². The number of benzene rings is 2. The first kappa shape index (κ1) is 23.4. The Balaban J connectivity index is 1.62. The number of esters is 1. The van der Waals surface area contributed by atoms with Crippen LogP contribution in [0.1, 0.15) is 58.5 Å². The van der Waals surface area contributed by atoms with Crippen molar-refractivity contribution >= 4 is 28.1 Å². The minimum absolute atomic E-state index is 0.152. The normalized spacial score (nSPS) is 16.7. The van der Waals surface area contributed by atoms with Gasteiger partial charge in [0, 0.05) is 46.5 Å². The van der Waals surface area contributed by atoms with Gasteiger partial charge < -0.3 is 10.1 Å². The molecule has 6 rings (SSSR count). The molecule has 1 atom stereocenters. The van der Waals surface area contributed by atoms with Crippen LogP contribution in [0.5, 0.6) is 0 Å². The van der Waals surface area contributed by atoms with Crippen molar-refractivity contribution in [2.75, 3.05) is 11.9 Å². The molecule has 2 aromatic heterocycles. The second-order valence-electron chi connectivity index (χ2n) is 9.33. The topological polar surface area (TPSA) is 73.2 Å². The molecular formula is C30H27N3O3S. The van der Waals surface area contributed by atoms with Crippen molar-refractivity contribution in [1.29, 1.82) is 0 Å². The Labute approximate surface area is 219 Å². The highest BCUT2D eigenvalue weighted by Gasteiger charge is 2.40. The number of allylic oxidation sites excluding steroid dienone is 2. The third-order valence-electron chi connectivity index (χ3n) is 7.07. The Hall–Kier alpha value is -3.97. The van der Waals surface area contributed by atoms with Crippen molar-refractivity contribution in [2.24, 2.45) is 0 Å². The summed E-state index contributed by atoms with van der Waals surface area (Å²) in [6.07, 6.45) is 4.19. The van der Waals surface area contributed by atoms with Crippen LogP contribution in [-0.2, 0) is 9.53 Å². The van der Waals surface area contributed by atoms with Gasteiger partial charge in [0.15, 0.2) is 5.78 Å². The number of nitrogens with zero attached hydrogens (tertiary/aromatic N) is 2. The monoisotopic (exact) mass is 509 g/mol. The van der Waals surface area contributed by atoms with Crippen molar-refractivity contribution in [3.8, 4) is 16.9 Å². The lowest BCUT2D eigenvalue weighted by atomic mass is 9.75. The number of aromatic nitrogens is 2. The molecule has 1 N–H and O–H groups in total. The number of ketones is 1. The van der Waals surface area contributed by atoms with Gasteiger partial charge >= 0.3 is 5.97 Å². The van der Waals surface area contributed by atoms with Gasteiger partial charge in [0.1, 0.15) is 4.88 Å². The van der Waals surface area contributed by atoms with E-state index in [4.69, 9.17) is 9.84 Å². The second-order valence-corrected chi connectivity index (χ2v) is 10.3. The van der Waals surface area contributed by atoms with E-state index in [-0.39, 0.29) is 17.7 Å². The first-order valence-corrected chi connectivity index (χ1v) is 13.4. The Kier molecular flexibility index (Phi) is 6.00. The molecule has 0 spiro atoms. The van der Waals surface area contributed by atoms with Crippen molar-refractivity contribution < 1.29 is 14.3 Å². The summed E-state index contributed by atoms with van der Waals surface area (Å²) in [6.45, 7) is 4.08. The summed E-state index contributed by atoms with van der Waals surface area (Å²) >= 11 is 1.41. The third kappa shape index (κ3) is 4.00. The zero-order valence-electron chi connectivity index (χ0n) is 20.8. The van der Waals surface area contributed by atoms with Crippen molar-refractivity contribution in [2.45, 2.75) is 39.0 Å². The van der Waals surface area contributed by atoms with Gasteiger partial charge in [-0.2, -0.15) is 5.10 Å². The van der Waals surface area contributed by atoms with Crippen LogP contribution in [0, 0.1) is 6.92 Å². The largest absolute Gasteiger partial charge is 0.462 e. The van der Waals surface area contributed by atoms with Crippen LogP contribution in [0.3, 0.4) is 0 Å². The highest BCUT2D eigenvalue weighted by atomic mass is 32.1. The van der Waals surface area contributed by atoms with Gasteiger partial charge in [-0.25, -0.2) is 9.48 Å². The number of rotatable bonds is 5. The molecule has 0 saturated carbocycles. The molecule has 3 heterocycles. The van der Waals surface area contributed by atoms with E-state index in [9.17, 15) is 9.59 Å². The summed E-state index contributed by atoms with van der Waals surface area (Å²) in [6, 6.07) is 20.1. The summed E-state index contributed by atoms with van der Waals surface area (Å²) in [4.78, 5) is 26.9. The summed E-state index contributed by atoms with van der Waals surface area (Å²) in [5.74, 6) is -0.502. The fourth-order valence-corrected chi connectivity index (χ4v) is 6.58. The number of hydrogen-bond donors (Lipinski definition) is 1. The summed E-state index contributed by atoms with van der Waals surface area (Å²) in [5.41, 5.74) is 7.28. The number of ether oxygens (including phenoxy) is 1. The highest BCUT2D eigenvalue weighted by Crippen LogP contribution is 2.52. The molecule has 2 aromatic carbocycles. The first-order valence-electron chi connectivity index (χ1n) is 12.6. The maximum Gasteiger partial charge on any atom is 0.348 e. The Bertz CT molecular complexity index is 1530.